The molecule has 0 bridgehead atoms. The van der Waals surface area contributed by atoms with Gasteiger partial charge in [0.1, 0.15) is 23.6 Å². The number of nitrogens with zero attached hydrogens (tertiary/aromatic N) is 1. The molecule has 1 saturated heterocycles. The van der Waals surface area contributed by atoms with E-state index in [0.29, 0.717) is 18.4 Å². The lowest BCUT2D eigenvalue weighted by Crippen LogP contribution is -2.49. The van der Waals surface area contributed by atoms with Crippen LogP contribution >= 0.6 is 0 Å². The zero-order valence-electron chi connectivity index (χ0n) is 16.7. The first kappa shape index (κ1) is 20.5. The number of carbonyl (C=O) groups excluding carboxylic acids is 2. The molecule has 4 nitrogen and oxygen atoms in total. The monoisotopic (exact) mass is 385 g/mol. The minimum Gasteiger partial charge on any atom is -0.458 e. The molecule has 0 N–H and O–H groups in total. The van der Waals surface area contributed by atoms with Gasteiger partial charge in [-0.25, -0.2) is 4.39 Å². The van der Waals surface area contributed by atoms with E-state index in [9.17, 15) is 19.2 Å². The average molecular weight is 385 g/mol. The zero-order chi connectivity index (χ0) is 20.4. The summed E-state index contributed by atoms with van der Waals surface area (Å²) >= 11 is 0. The van der Waals surface area contributed by atoms with E-state index in [1.54, 1.807) is 19.9 Å². The molecule has 1 aromatic rings. The van der Waals surface area contributed by atoms with Crippen molar-refractivity contribution >= 4 is 11.8 Å². The highest BCUT2D eigenvalue weighted by atomic mass is 19.1. The van der Waals surface area contributed by atoms with Gasteiger partial charge in [-0.3, -0.25) is 9.59 Å². The van der Waals surface area contributed by atoms with Gasteiger partial charge in [-0.1, -0.05) is 31.4 Å². The molecule has 3 rings (SSSR count). The van der Waals surface area contributed by atoms with Crippen LogP contribution in [0, 0.1) is 23.1 Å². The van der Waals surface area contributed by atoms with E-state index in [4.69, 9.17) is 4.74 Å². The van der Waals surface area contributed by atoms with Crippen molar-refractivity contribution < 1.29 is 18.7 Å². The highest BCUT2D eigenvalue weighted by Gasteiger charge is 2.47. The first-order valence-electron chi connectivity index (χ1n) is 10.2. The fourth-order valence-electron chi connectivity index (χ4n) is 4.69. The van der Waals surface area contributed by atoms with Crippen LogP contribution in [0.4, 0.5) is 4.39 Å². The standard InChI is InChI=1S/C23H28FNO3/c1-22(2,15-25)19-9-8-16(12-20(19)24)10-11-23(17-6-4-3-5-7-17)14-18(26)13-21(27)28-23/h8-9,12,17H,3-7,10-11,13-14H2,1-2H3. The summed E-state index contributed by atoms with van der Waals surface area (Å²) in [6.45, 7) is 3.38. The lowest BCUT2D eigenvalue weighted by molar-refractivity contribution is -0.180. The van der Waals surface area contributed by atoms with Gasteiger partial charge in [0.15, 0.2) is 0 Å². The molecule has 5 heteroatoms. The molecule has 2 aliphatic rings. The van der Waals surface area contributed by atoms with Gasteiger partial charge in [-0.05, 0) is 57.1 Å². The number of esters is 1. The van der Waals surface area contributed by atoms with Crippen molar-refractivity contribution in [3.8, 4) is 6.07 Å². The quantitative estimate of drug-likeness (QED) is 0.540. The number of Topliss-reactive ketones (excluding diaryl/α,β-unsaturated/α-hetero) is 1. The maximum Gasteiger partial charge on any atom is 0.313 e. The molecule has 1 aliphatic heterocycles. The van der Waals surface area contributed by atoms with Gasteiger partial charge in [-0.15, -0.1) is 0 Å². The molecule has 28 heavy (non-hydrogen) atoms. The molecule has 1 aromatic carbocycles. The largest absolute Gasteiger partial charge is 0.458 e. The molecule has 0 amide bonds. The molecule has 1 unspecified atom stereocenters. The van der Waals surface area contributed by atoms with Crippen LogP contribution in [0.25, 0.3) is 0 Å². The molecule has 2 fully saturated rings. The number of hydrogen-bond acceptors (Lipinski definition) is 4. The predicted molar refractivity (Wildman–Crippen MR) is 103 cm³/mol. The minimum absolute atomic E-state index is 0.0564. The van der Waals surface area contributed by atoms with Crippen LogP contribution in [0.1, 0.15) is 76.3 Å². The van der Waals surface area contributed by atoms with Gasteiger partial charge in [0.25, 0.3) is 0 Å². The van der Waals surface area contributed by atoms with Crippen molar-refractivity contribution in [3.05, 3.63) is 35.1 Å². The number of cyclic esters (lactones) is 1. The molecular formula is C23H28FNO3. The molecule has 0 radical (unpaired) electrons. The van der Waals surface area contributed by atoms with Gasteiger partial charge >= 0.3 is 5.97 Å². The molecule has 1 atom stereocenters. The van der Waals surface area contributed by atoms with Gasteiger partial charge in [-0.2, -0.15) is 5.26 Å². The van der Waals surface area contributed by atoms with Crippen LogP contribution in [0.5, 0.6) is 0 Å². The van der Waals surface area contributed by atoms with Crippen molar-refractivity contribution in [1.82, 2.24) is 0 Å². The van der Waals surface area contributed by atoms with Crippen LogP contribution in [0.3, 0.4) is 0 Å². The number of ketones is 1. The Balaban J connectivity index is 1.80. The van der Waals surface area contributed by atoms with Crippen molar-refractivity contribution in [2.75, 3.05) is 0 Å². The van der Waals surface area contributed by atoms with Crippen LogP contribution in [0.2, 0.25) is 0 Å². The Hall–Kier alpha value is -2.22. The van der Waals surface area contributed by atoms with Crippen LogP contribution in [0.15, 0.2) is 18.2 Å². The van der Waals surface area contributed by atoms with E-state index in [-0.39, 0.29) is 24.5 Å². The third-order valence-electron chi connectivity index (χ3n) is 6.33. The first-order chi connectivity index (χ1) is 13.3. The number of hydrogen-bond donors (Lipinski definition) is 0. The normalized spacial score (nSPS) is 23.9. The topological polar surface area (TPSA) is 67.2 Å². The molecule has 1 saturated carbocycles. The second-order valence-corrected chi connectivity index (χ2v) is 8.82. The molecular weight excluding hydrogens is 357 g/mol. The number of aryl methyl sites for hydroxylation is 1. The number of rotatable bonds is 5. The van der Waals surface area contributed by atoms with Crippen molar-refractivity contribution in [2.45, 2.75) is 82.7 Å². The van der Waals surface area contributed by atoms with Gasteiger partial charge in [0.05, 0.1) is 11.5 Å². The lowest BCUT2D eigenvalue weighted by atomic mass is 9.70. The summed E-state index contributed by atoms with van der Waals surface area (Å²) in [7, 11) is 0. The maximum absolute atomic E-state index is 14.6. The number of benzene rings is 1. The first-order valence-corrected chi connectivity index (χ1v) is 10.2. The molecule has 0 aromatic heterocycles. The summed E-state index contributed by atoms with van der Waals surface area (Å²) in [6, 6.07) is 7.09. The maximum atomic E-state index is 14.6. The van der Waals surface area contributed by atoms with E-state index in [2.05, 4.69) is 6.07 Å². The number of halogens is 1. The molecule has 150 valence electrons. The molecule has 1 aliphatic carbocycles. The summed E-state index contributed by atoms with van der Waals surface area (Å²) in [6.07, 6.45) is 6.46. The van der Waals surface area contributed by atoms with Crippen molar-refractivity contribution in [3.63, 3.8) is 0 Å². The predicted octanol–water partition coefficient (Wildman–Crippen LogP) is 4.78. The van der Waals surface area contributed by atoms with E-state index in [0.717, 1.165) is 31.2 Å². The van der Waals surface area contributed by atoms with Crippen molar-refractivity contribution in [2.24, 2.45) is 5.92 Å². The molecule has 0 spiro atoms. The highest BCUT2D eigenvalue weighted by Crippen LogP contribution is 2.43. The van der Waals surface area contributed by atoms with Gasteiger partial charge in [0.2, 0.25) is 0 Å². The third kappa shape index (κ3) is 4.27. The smallest absolute Gasteiger partial charge is 0.313 e. The van der Waals surface area contributed by atoms with Crippen LogP contribution < -0.4 is 0 Å². The Morgan fingerprint density at radius 3 is 2.57 bits per heavy atom. The Bertz CT molecular complexity index is 787. The average Bonchev–Trinajstić information content (AvgIpc) is 2.66. The zero-order valence-corrected chi connectivity index (χ0v) is 16.7. The fourth-order valence-corrected chi connectivity index (χ4v) is 4.69. The Morgan fingerprint density at radius 2 is 1.96 bits per heavy atom. The number of ether oxygens (including phenoxy) is 1. The van der Waals surface area contributed by atoms with Crippen LogP contribution in [-0.2, 0) is 26.2 Å². The summed E-state index contributed by atoms with van der Waals surface area (Å²) < 4.78 is 20.4. The fraction of sp³-hybridized carbons (Fsp3) is 0.609. The number of nitriles is 1. The van der Waals surface area contributed by atoms with Crippen molar-refractivity contribution in [1.29, 1.82) is 5.26 Å². The second-order valence-electron chi connectivity index (χ2n) is 8.82. The minimum atomic E-state index is -0.892. The summed E-state index contributed by atoms with van der Waals surface area (Å²) in [4.78, 5) is 24.2. The van der Waals surface area contributed by atoms with E-state index < -0.39 is 22.8 Å². The Labute approximate surface area is 166 Å². The summed E-state index contributed by atoms with van der Waals surface area (Å²) in [5.74, 6) is -0.693. The van der Waals surface area contributed by atoms with E-state index >= 15 is 0 Å². The lowest BCUT2D eigenvalue weighted by Gasteiger charge is -2.44. The SMILES string of the molecule is CC(C)(C#N)c1ccc(CCC2(C3CCCCC3)CC(=O)CC(=O)O2)cc1F. The molecule has 1 heterocycles. The second kappa shape index (κ2) is 8.03. The van der Waals surface area contributed by atoms with Crippen LogP contribution in [-0.4, -0.2) is 17.4 Å². The van der Waals surface area contributed by atoms with E-state index in [1.165, 1.54) is 12.5 Å². The number of carbonyl (C=O) groups is 2. The summed E-state index contributed by atoms with van der Waals surface area (Å²) in [5, 5.41) is 9.25. The summed E-state index contributed by atoms with van der Waals surface area (Å²) in [5.41, 5.74) is -0.482. The van der Waals surface area contributed by atoms with Gasteiger partial charge < -0.3 is 4.74 Å². The Morgan fingerprint density at radius 1 is 1.25 bits per heavy atom. The van der Waals surface area contributed by atoms with E-state index in [1.807, 2.05) is 6.07 Å². The Kier molecular flexibility index (Phi) is 5.88. The highest BCUT2D eigenvalue weighted by molar-refractivity contribution is 5.98. The third-order valence-corrected chi connectivity index (χ3v) is 6.33. The van der Waals surface area contributed by atoms with Gasteiger partial charge in [0, 0.05) is 12.0 Å².